The van der Waals surface area contributed by atoms with E-state index in [0.29, 0.717) is 36.1 Å². The van der Waals surface area contributed by atoms with Crippen LogP contribution in [0.2, 0.25) is 0 Å². The summed E-state index contributed by atoms with van der Waals surface area (Å²) < 4.78 is 33.6. The molecule has 0 atom stereocenters. The minimum atomic E-state index is -3.51. The van der Waals surface area contributed by atoms with Gasteiger partial charge in [-0.25, -0.2) is 0 Å². The molecule has 2 rings (SSSR count). The largest absolute Gasteiger partial charge is 0.495 e. The molecule has 3 N–H and O–H groups in total. The number of rotatable bonds is 4. The Morgan fingerprint density at radius 1 is 1.35 bits per heavy atom. The molecule has 0 radical (unpaired) electrons. The number of hydrogen-bond donors (Lipinski definition) is 2. The highest BCUT2D eigenvalue weighted by Crippen LogP contribution is 2.26. The number of nitrogens with zero attached hydrogens (tertiary/aromatic N) is 1. The first kappa shape index (κ1) is 14.9. The first-order valence-electron chi connectivity index (χ1n) is 6.64. The minimum absolute atomic E-state index is 0.403. The fourth-order valence-electron chi connectivity index (χ4n) is 2.24. The van der Waals surface area contributed by atoms with Crippen molar-refractivity contribution >= 4 is 21.6 Å². The van der Waals surface area contributed by atoms with Gasteiger partial charge in [0.1, 0.15) is 5.75 Å². The van der Waals surface area contributed by atoms with Crippen LogP contribution in [-0.4, -0.2) is 32.9 Å². The second-order valence-corrected chi connectivity index (χ2v) is 6.82. The van der Waals surface area contributed by atoms with E-state index >= 15 is 0 Å². The van der Waals surface area contributed by atoms with Gasteiger partial charge in [0.05, 0.1) is 18.5 Å². The van der Waals surface area contributed by atoms with Crippen LogP contribution < -0.4 is 15.2 Å². The highest BCUT2D eigenvalue weighted by Gasteiger charge is 2.26. The third-order valence-electron chi connectivity index (χ3n) is 3.56. The van der Waals surface area contributed by atoms with Gasteiger partial charge in [-0.2, -0.15) is 12.7 Å². The van der Waals surface area contributed by atoms with E-state index in [1.807, 2.05) is 0 Å². The summed E-state index contributed by atoms with van der Waals surface area (Å²) in [5.74, 6) is 1.11. The average molecular weight is 299 g/mol. The molecule has 20 heavy (non-hydrogen) atoms. The molecular formula is C13H21N3O3S. The van der Waals surface area contributed by atoms with Crippen molar-refractivity contribution in [3.05, 3.63) is 18.2 Å². The van der Waals surface area contributed by atoms with Crippen LogP contribution in [0.4, 0.5) is 11.4 Å². The van der Waals surface area contributed by atoms with Gasteiger partial charge in [0.2, 0.25) is 0 Å². The standard InChI is InChI=1S/C13H21N3O3S/c1-10-5-7-16(8-6-10)20(17,18)15-11-3-4-13(19-2)12(14)9-11/h3-4,9-10,15H,5-8,14H2,1-2H3. The molecule has 1 fully saturated rings. The van der Waals surface area contributed by atoms with Gasteiger partial charge in [0.25, 0.3) is 0 Å². The lowest BCUT2D eigenvalue weighted by Gasteiger charge is -2.29. The van der Waals surface area contributed by atoms with Crippen molar-refractivity contribution < 1.29 is 13.2 Å². The van der Waals surface area contributed by atoms with Crippen LogP contribution in [0.5, 0.6) is 5.75 Å². The molecule has 0 saturated carbocycles. The van der Waals surface area contributed by atoms with Crippen molar-refractivity contribution in [1.29, 1.82) is 0 Å². The summed E-state index contributed by atoms with van der Waals surface area (Å²) in [7, 11) is -1.99. The molecule has 0 aromatic heterocycles. The fourth-order valence-corrected chi connectivity index (χ4v) is 3.48. The molecule has 1 heterocycles. The Hall–Kier alpha value is -1.47. The molecule has 7 heteroatoms. The van der Waals surface area contributed by atoms with Crippen molar-refractivity contribution in [1.82, 2.24) is 4.31 Å². The summed E-state index contributed by atoms with van der Waals surface area (Å²) >= 11 is 0. The summed E-state index contributed by atoms with van der Waals surface area (Å²) in [4.78, 5) is 0. The normalized spacial score (nSPS) is 17.9. The van der Waals surface area contributed by atoms with Crippen LogP contribution in [0.1, 0.15) is 19.8 Å². The molecule has 1 saturated heterocycles. The second-order valence-electron chi connectivity index (χ2n) is 5.15. The van der Waals surface area contributed by atoms with Gasteiger partial charge in [-0.05, 0) is 37.0 Å². The van der Waals surface area contributed by atoms with Crippen molar-refractivity contribution in [3.63, 3.8) is 0 Å². The number of methoxy groups -OCH3 is 1. The Labute approximate surface area is 120 Å². The number of nitrogens with two attached hydrogens (primary N) is 1. The highest BCUT2D eigenvalue weighted by molar-refractivity contribution is 7.90. The summed E-state index contributed by atoms with van der Waals surface area (Å²) in [6, 6.07) is 4.84. The maximum Gasteiger partial charge on any atom is 0.301 e. The second kappa shape index (κ2) is 5.88. The molecule has 1 aliphatic heterocycles. The van der Waals surface area contributed by atoms with Gasteiger partial charge in [-0.3, -0.25) is 4.72 Å². The van der Waals surface area contributed by atoms with E-state index < -0.39 is 10.2 Å². The summed E-state index contributed by atoms with van der Waals surface area (Å²) in [5.41, 5.74) is 6.62. The molecule has 0 unspecified atom stereocenters. The Bertz CT molecular complexity index is 566. The molecule has 0 amide bonds. The zero-order chi connectivity index (χ0) is 14.8. The lowest BCUT2D eigenvalue weighted by atomic mass is 10.0. The van der Waals surface area contributed by atoms with E-state index in [1.54, 1.807) is 18.2 Å². The van der Waals surface area contributed by atoms with Gasteiger partial charge < -0.3 is 10.5 Å². The van der Waals surface area contributed by atoms with E-state index in [9.17, 15) is 8.42 Å². The van der Waals surface area contributed by atoms with Gasteiger partial charge in [-0.15, -0.1) is 0 Å². The molecule has 6 nitrogen and oxygen atoms in total. The number of anilines is 2. The topological polar surface area (TPSA) is 84.7 Å². The molecule has 112 valence electrons. The van der Waals surface area contributed by atoms with E-state index in [4.69, 9.17) is 10.5 Å². The third kappa shape index (κ3) is 3.34. The number of benzene rings is 1. The Morgan fingerprint density at radius 2 is 2.00 bits per heavy atom. The average Bonchev–Trinajstić information content (AvgIpc) is 2.39. The van der Waals surface area contributed by atoms with E-state index in [1.165, 1.54) is 11.4 Å². The van der Waals surface area contributed by atoms with Crippen LogP contribution in [0.15, 0.2) is 18.2 Å². The van der Waals surface area contributed by atoms with Crippen LogP contribution in [0.3, 0.4) is 0 Å². The van der Waals surface area contributed by atoms with Gasteiger partial charge in [-0.1, -0.05) is 6.92 Å². The molecule has 1 aromatic carbocycles. The minimum Gasteiger partial charge on any atom is -0.495 e. The lowest BCUT2D eigenvalue weighted by molar-refractivity contribution is 0.289. The Kier molecular flexibility index (Phi) is 4.39. The number of hydrogen-bond acceptors (Lipinski definition) is 4. The lowest BCUT2D eigenvalue weighted by Crippen LogP contribution is -2.41. The zero-order valence-electron chi connectivity index (χ0n) is 11.8. The number of nitrogen functional groups attached to an aromatic ring is 1. The Balaban J connectivity index is 2.10. The smallest absolute Gasteiger partial charge is 0.301 e. The molecule has 0 spiro atoms. The zero-order valence-corrected chi connectivity index (χ0v) is 12.6. The summed E-state index contributed by atoms with van der Waals surface area (Å²) in [5, 5.41) is 0. The van der Waals surface area contributed by atoms with Crippen LogP contribution in [0.25, 0.3) is 0 Å². The number of ether oxygens (including phenoxy) is 1. The van der Waals surface area contributed by atoms with Crippen molar-refractivity contribution in [3.8, 4) is 5.75 Å². The third-order valence-corrected chi connectivity index (χ3v) is 5.10. The van der Waals surface area contributed by atoms with E-state index in [2.05, 4.69) is 11.6 Å². The van der Waals surface area contributed by atoms with E-state index in [-0.39, 0.29) is 0 Å². The highest BCUT2D eigenvalue weighted by atomic mass is 32.2. The van der Waals surface area contributed by atoms with Crippen LogP contribution in [0, 0.1) is 5.92 Å². The SMILES string of the molecule is COc1ccc(NS(=O)(=O)N2CCC(C)CC2)cc1N. The quantitative estimate of drug-likeness (QED) is 0.828. The Morgan fingerprint density at radius 3 is 2.55 bits per heavy atom. The van der Waals surface area contributed by atoms with Gasteiger partial charge in [0, 0.05) is 13.1 Å². The number of nitrogens with one attached hydrogen (secondary N) is 1. The van der Waals surface area contributed by atoms with Crippen LogP contribution in [-0.2, 0) is 10.2 Å². The molecule has 0 aliphatic carbocycles. The molecular weight excluding hydrogens is 278 g/mol. The van der Waals surface area contributed by atoms with Gasteiger partial charge >= 0.3 is 10.2 Å². The van der Waals surface area contributed by atoms with Gasteiger partial charge in [0.15, 0.2) is 0 Å². The molecule has 1 aliphatic rings. The van der Waals surface area contributed by atoms with Crippen molar-refractivity contribution in [2.24, 2.45) is 5.92 Å². The van der Waals surface area contributed by atoms with Crippen molar-refractivity contribution in [2.45, 2.75) is 19.8 Å². The van der Waals surface area contributed by atoms with Crippen molar-refractivity contribution in [2.75, 3.05) is 30.7 Å². The summed E-state index contributed by atoms with van der Waals surface area (Å²) in [6.07, 6.45) is 1.79. The predicted molar refractivity (Wildman–Crippen MR) is 79.9 cm³/mol. The fraction of sp³-hybridized carbons (Fsp3) is 0.538. The number of piperidine rings is 1. The molecule has 1 aromatic rings. The van der Waals surface area contributed by atoms with Crippen LogP contribution >= 0.6 is 0 Å². The maximum absolute atomic E-state index is 12.3. The monoisotopic (exact) mass is 299 g/mol. The summed E-state index contributed by atoms with van der Waals surface area (Å²) in [6.45, 7) is 3.26. The predicted octanol–water partition coefficient (Wildman–Crippen LogP) is 1.67. The first-order valence-corrected chi connectivity index (χ1v) is 8.08. The maximum atomic E-state index is 12.3. The molecule has 0 bridgehead atoms. The first-order chi connectivity index (χ1) is 9.42. The van der Waals surface area contributed by atoms with E-state index in [0.717, 1.165) is 12.8 Å².